The van der Waals surface area contributed by atoms with Crippen molar-refractivity contribution in [1.29, 1.82) is 0 Å². The minimum absolute atomic E-state index is 0.321. The Morgan fingerprint density at radius 1 is 1.05 bits per heavy atom. The molecule has 106 valence electrons. The first-order chi connectivity index (χ1) is 9.70. The van der Waals surface area contributed by atoms with Crippen molar-refractivity contribution in [2.75, 3.05) is 0 Å². The maximum atomic E-state index is 6.17. The van der Waals surface area contributed by atoms with E-state index < -0.39 is 0 Å². The van der Waals surface area contributed by atoms with E-state index in [4.69, 9.17) is 11.6 Å². The topological polar surface area (TPSA) is 12.0 Å². The summed E-state index contributed by atoms with van der Waals surface area (Å²) in [6.45, 7) is 5.19. The zero-order valence-electron chi connectivity index (χ0n) is 12.2. The smallest absolute Gasteiger partial charge is 0.0450 e. The molecule has 0 aromatic heterocycles. The maximum absolute atomic E-state index is 6.17. The van der Waals surface area contributed by atoms with Crippen molar-refractivity contribution in [2.24, 2.45) is 0 Å². The van der Waals surface area contributed by atoms with E-state index in [-0.39, 0.29) is 0 Å². The van der Waals surface area contributed by atoms with Gasteiger partial charge in [-0.1, -0.05) is 67.4 Å². The summed E-state index contributed by atoms with van der Waals surface area (Å²) in [5, 5.41) is 4.35. The Bertz CT molecular complexity index is 533. The third-order valence-corrected chi connectivity index (χ3v) is 3.94. The van der Waals surface area contributed by atoms with Crippen molar-refractivity contribution in [2.45, 2.75) is 39.3 Å². The number of halogens is 1. The van der Waals surface area contributed by atoms with Crippen LogP contribution < -0.4 is 5.32 Å². The van der Waals surface area contributed by atoms with Gasteiger partial charge >= 0.3 is 0 Å². The second-order valence-electron chi connectivity index (χ2n) is 5.19. The van der Waals surface area contributed by atoms with Gasteiger partial charge in [-0.2, -0.15) is 0 Å². The lowest BCUT2D eigenvalue weighted by molar-refractivity contribution is 0.574. The first-order valence-corrected chi connectivity index (χ1v) is 7.64. The van der Waals surface area contributed by atoms with Gasteiger partial charge in [-0.25, -0.2) is 0 Å². The number of rotatable bonds is 6. The van der Waals surface area contributed by atoms with Crippen LogP contribution in [0.1, 0.15) is 43.0 Å². The summed E-state index contributed by atoms with van der Waals surface area (Å²) in [6, 6.07) is 17.2. The summed E-state index contributed by atoms with van der Waals surface area (Å²) in [7, 11) is 0. The molecule has 1 nitrogen and oxygen atoms in total. The Morgan fingerprint density at radius 3 is 2.40 bits per heavy atom. The molecule has 1 N–H and O–H groups in total. The molecule has 20 heavy (non-hydrogen) atoms. The summed E-state index contributed by atoms with van der Waals surface area (Å²) in [5.74, 6) is 0. The van der Waals surface area contributed by atoms with Crippen molar-refractivity contribution in [1.82, 2.24) is 5.32 Å². The van der Waals surface area contributed by atoms with E-state index in [0.717, 1.165) is 23.6 Å². The quantitative estimate of drug-likeness (QED) is 0.775. The van der Waals surface area contributed by atoms with Crippen LogP contribution >= 0.6 is 11.6 Å². The molecule has 0 aliphatic carbocycles. The highest BCUT2D eigenvalue weighted by Gasteiger charge is 2.06. The summed E-state index contributed by atoms with van der Waals surface area (Å²) in [5.41, 5.74) is 3.87. The lowest BCUT2D eigenvalue weighted by Gasteiger charge is -2.15. The standard InChI is InChI=1S/C18H22ClN/c1-3-6-15-9-11-16(12-10-15)14(2)20-13-17-7-4-5-8-18(17)19/h4-5,7-12,14,20H,3,6,13H2,1-2H3. The van der Waals surface area contributed by atoms with Crippen LogP contribution in [0.15, 0.2) is 48.5 Å². The fraction of sp³-hybridized carbons (Fsp3) is 0.333. The molecule has 1 unspecified atom stereocenters. The largest absolute Gasteiger partial charge is 0.306 e. The highest BCUT2D eigenvalue weighted by molar-refractivity contribution is 6.31. The van der Waals surface area contributed by atoms with Gasteiger partial charge in [0.25, 0.3) is 0 Å². The van der Waals surface area contributed by atoms with E-state index in [2.05, 4.69) is 49.5 Å². The fourth-order valence-electron chi connectivity index (χ4n) is 2.28. The van der Waals surface area contributed by atoms with Crippen LogP contribution in [0.3, 0.4) is 0 Å². The third-order valence-electron chi connectivity index (χ3n) is 3.57. The molecule has 0 heterocycles. The minimum Gasteiger partial charge on any atom is -0.306 e. The van der Waals surface area contributed by atoms with Crippen LogP contribution in [0.4, 0.5) is 0 Å². The van der Waals surface area contributed by atoms with E-state index in [1.165, 1.54) is 17.5 Å². The van der Waals surface area contributed by atoms with Gasteiger partial charge in [0.05, 0.1) is 0 Å². The molecular formula is C18H22ClN. The molecule has 0 fully saturated rings. The van der Waals surface area contributed by atoms with E-state index in [9.17, 15) is 0 Å². The van der Waals surface area contributed by atoms with E-state index in [1.54, 1.807) is 0 Å². The predicted molar refractivity (Wildman–Crippen MR) is 87.1 cm³/mol. The van der Waals surface area contributed by atoms with E-state index in [1.807, 2.05) is 18.2 Å². The summed E-state index contributed by atoms with van der Waals surface area (Å²) < 4.78 is 0. The molecule has 0 aliphatic rings. The number of benzene rings is 2. The summed E-state index contributed by atoms with van der Waals surface area (Å²) in [6.07, 6.45) is 2.35. The fourth-order valence-corrected chi connectivity index (χ4v) is 2.49. The molecular weight excluding hydrogens is 266 g/mol. The van der Waals surface area contributed by atoms with Crippen molar-refractivity contribution in [3.05, 3.63) is 70.2 Å². The molecule has 0 bridgehead atoms. The first-order valence-electron chi connectivity index (χ1n) is 7.26. The number of hydrogen-bond acceptors (Lipinski definition) is 1. The average molecular weight is 288 g/mol. The van der Waals surface area contributed by atoms with Gasteiger partial charge in [0.15, 0.2) is 0 Å². The van der Waals surface area contributed by atoms with Gasteiger partial charge in [0, 0.05) is 17.6 Å². The molecule has 2 heteroatoms. The van der Waals surface area contributed by atoms with Gasteiger partial charge in [-0.15, -0.1) is 0 Å². The highest BCUT2D eigenvalue weighted by Crippen LogP contribution is 2.18. The number of aryl methyl sites for hydroxylation is 1. The third kappa shape index (κ3) is 4.09. The van der Waals surface area contributed by atoms with E-state index >= 15 is 0 Å². The molecule has 2 rings (SSSR count). The normalized spacial score (nSPS) is 12.3. The zero-order valence-corrected chi connectivity index (χ0v) is 13.0. The van der Waals surface area contributed by atoms with E-state index in [0.29, 0.717) is 6.04 Å². The van der Waals surface area contributed by atoms with Crippen molar-refractivity contribution >= 4 is 11.6 Å². The van der Waals surface area contributed by atoms with Crippen LogP contribution in [0.2, 0.25) is 5.02 Å². The molecule has 2 aromatic carbocycles. The molecule has 0 spiro atoms. The van der Waals surface area contributed by atoms with Crippen LogP contribution in [0.25, 0.3) is 0 Å². The lowest BCUT2D eigenvalue weighted by Crippen LogP contribution is -2.18. The highest BCUT2D eigenvalue weighted by atomic mass is 35.5. The van der Waals surface area contributed by atoms with Crippen molar-refractivity contribution < 1.29 is 0 Å². The van der Waals surface area contributed by atoms with Gasteiger partial charge < -0.3 is 5.32 Å². The molecule has 0 saturated heterocycles. The molecule has 1 atom stereocenters. The van der Waals surface area contributed by atoms with Crippen LogP contribution in [0.5, 0.6) is 0 Å². The van der Waals surface area contributed by atoms with Crippen molar-refractivity contribution in [3.8, 4) is 0 Å². The second-order valence-corrected chi connectivity index (χ2v) is 5.59. The number of nitrogens with one attached hydrogen (secondary N) is 1. The summed E-state index contributed by atoms with van der Waals surface area (Å²) >= 11 is 6.17. The lowest BCUT2D eigenvalue weighted by atomic mass is 10.0. The zero-order chi connectivity index (χ0) is 14.4. The molecule has 0 aliphatic heterocycles. The van der Waals surface area contributed by atoms with Gasteiger partial charge in [-0.3, -0.25) is 0 Å². The molecule has 0 saturated carbocycles. The van der Waals surface area contributed by atoms with Crippen LogP contribution in [0, 0.1) is 0 Å². The summed E-state index contributed by atoms with van der Waals surface area (Å²) in [4.78, 5) is 0. The Morgan fingerprint density at radius 2 is 1.75 bits per heavy atom. The predicted octanol–water partition coefficient (Wildman–Crippen LogP) is 5.14. The Labute approximate surface area is 127 Å². The Kier molecular flexibility index (Phi) is 5.63. The first kappa shape index (κ1) is 15.1. The SMILES string of the molecule is CCCc1ccc(C(C)NCc2ccccc2Cl)cc1. The van der Waals surface area contributed by atoms with Crippen LogP contribution in [-0.2, 0) is 13.0 Å². The van der Waals surface area contributed by atoms with Crippen LogP contribution in [-0.4, -0.2) is 0 Å². The monoisotopic (exact) mass is 287 g/mol. The Hall–Kier alpha value is -1.31. The minimum atomic E-state index is 0.321. The van der Waals surface area contributed by atoms with Gasteiger partial charge in [0.2, 0.25) is 0 Å². The average Bonchev–Trinajstić information content (AvgIpc) is 2.47. The van der Waals surface area contributed by atoms with Crippen molar-refractivity contribution in [3.63, 3.8) is 0 Å². The molecule has 0 amide bonds. The second kappa shape index (κ2) is 7.47. The van der Waals surface area contributed by atoms with Gasteiger partial charge in [0.1, 0.15) is 0 Å². The number of hydrogen-bond donors (Lipinski definition) is 1. The molecule has 2 aromatic rings. The van der Waals surface area contributed by atoms with Gasteiger partial charge in [-0.05, 0) is 36.1 Å². The molecule has 0 radical (unpaired) electrons. The maximum Gasteiger partial charge on any atom is 0.0450 e. The Balaban J connectivity index is 1.94.